The van der Waals surface area contributed by atoms with E-state index in [1.54, 1.807) is 37.4 Å². The molecule has 0 aliphatic rings. The molecule has 0 N–H and O–H groups in total. The van der Waals surface area contributed by atoms with Crippen LogP contribution in [0.5, 0.6) is 11.5 Å². The molecule has 0 aliphatic heterocycles. The third kappa shape index (κ3) is 3.77. The van der Waals surface area contributed by atoms with Gasteiger partial charge in [0, 0.05) is 21.5 Å². The van der Waals surface area contributed by atoms with Crippen LogP contribution in [-0.4, -0.2) is 25.2 Å². The number of hydrogen-bond acceptors (Lipinski definition) is 5. The smallest absolute Gasteiger partial charge is 0.356 e. The first kappa shape index (κ1) is 18.1. The van der Waals surface area contributed by atoms with Gasteiger partial charge >= 0.3 is 5.97 Å². The zero-order chi connectivity index (χ0) is 18.7. The number of halogens is 2. The van der Waals surface area contributed by atoms with Crippen LogP contribution in [0.25, 0.3) is 10.9 Å². The topological polar surface area (TPSA) is 57.7 Å². The molecule has 1 heterocycles. The zero-order valence-electron chi connectivity index (χ0n) is 14.1. The maximum Gasteiger partial charge on any atom is 0.356 e. The lowest BCUT2D eigenvalue weighted by atomic mass is 10.1. The van der Waals surface area contributed by atoms with Gasteiger partial charge in [0.05, 0.1) is 19.7 Å². The largest absolute Gasteiger partial charge is 0.497 e. The molecule has 0 saturated carbocycles. The maximum atomic E-state index is 14.0. The van der Waals surface area contributed by atoms with Crippen LogP contribution in [0.3, 0.4) is 0 Å². The van der Waals surface area contributed by atoms with Gasteiger partial charge in [-0.2, -0.15) is 0 Å². The van der Waals surface area contributed by atoms with Crippen molar-refractivity contribution in [2.75, 3.05) is 14.2 Å². The van der Waals surface area contributed by atoms with E-state index in [1.807, 2.05) is 0 Å². The second-order valence-electron chi connectivity index (χ2n) is 5.40. The molecular formula is C19H15BrFNO4. The third-order valence-corrected chi connectivity index (χ3v) is 4.26. The molecule has 7 heteroatoms. The van der Waals surface area contributed by atoms with Crippen molar-refractivity contribution in [2.24, 2.45) is 0 Å². The second-order valence-corrected chi connectivity index (χ2v) is 6.32. The van der Waals surface area contributed by atoms with Crippen molar-refractivity contribution in [2.45, 2.75) is 6.61 Å². The average Bonchev–Trinajstić information content (AvgIpc) is 2.65. The summed E-state index contributed by atoms with van der Waals surface area (Å²) in [5.41, 5.74) is 1.04. The Morgan fingerprint density at radius 2 is 1.96 bits per heavy atom. The summed E-state index contributed by atoms with van der Waals surface area (Å²) in [4.78, 5) is 16.1. The van der Waals surface area contributed by atoms with Gasteiger partial charge in [0.1, 0.15) is 23.9 Å². The molecule has 0 aliphatic carbocycles. The molecule has 0 spiro atoms. The van der Waals surface area contributed by atoms with Gasteiger partial charge < -0.3 is 14.2 Å². The number of methoxy groups -OCH3 is 2. The number of ether oxygens (including phenoxy) is 3. The standard InChI is InChI=1S/C19H15BrFNO4/c1-24-13-5-6-16-14(8-13)18(9-17(22-16)19(23)25-2)26-10-11-3-4-12(20)7-15(11)21/h3-9H,10H2,1-2H3. The first-order valence-electron chi connectivity index (χ1n) is 7.65. The molecular weight excluding hydrogens is 405 g/mol. The number of hydrogen-bond donors (Lipinski definition) is 0. The van der Waals surface area contributed by atoms with Gasteiger partial charge in [-0.15, -0.1) is 0 Å². The van der Waals surface area contributed by atoms with Gasteiger partial charge in [0.2, 0.25) is 0 Å². The summed E-state index contributed by atoms with van der Waals surface area (Å²) in [6.45, 7) is -0.00392. The lowest BCUT2D eigenvalue weighted by Gasteiger charge is -2.12. The summed E-state index contributed by atoms with van der Waals surface area (Å²) in [6.07, 6.45) is 0. The van der Waals surface area contributed by atoms with E-state index in [2.05, 4.69) is 20.9 Å². The Morgan fingerprint density at radius 1 is 1.15 bits per heavy atom. The van der Waals surface area contributed by atoms with Crippen molar-refractivity contribution in [3.8, 4) is 11.5 Å². The van der Waals surface area contributed by atoms with Crippen molar-refractivity contribution >= 4 is 32.8 Å². The number of aromatic nitrogens is 1. The fourth-order valence-electron chi connectivity index (χ4n) is 2.42. The third-order valence-electron chi connectivity index (χ3n) is 3.77. The predicted molar refractivity (Wildman–Crippen MR) is 98.1 cm³/mol. The fourth-order valence-corrected chi connectivity index (χ4v) is 2.76. The van der Waals surface area contributed by atoms with Crippen LogP contribution in [0.2, 0.25) is 0 Å². The van der Waals surface area contributed by atoms with Crippen molar-refractivity contribution in [3.63, 3.8) is 0 Å². The van der Waals surface area contributed by atoms with Crippen LogP contribution in [-0.2, 0) is 11.3 Å². The van der Waals surface area contributed by atoms with Gasteiger partial charge in [-0.05, 0) is 30.3 Å². The van der Waals surface area contributed by atoms with E-state index in [4.69, 9.17) is 14.2 Å². The highest BCUT2D eigenvalue weighted by Crippen LogP contribution is 2.30. The number of nitrogens with zero attached hydrogens (tertiary/aromatic N) is 1. The van der Waals surface area contributed by atoms with Crippen LogP contribution in [0.4, 0.5) is 4.39 Å². The van der Waals surface area contributed by atoms with E-state index in [0.29, 0.717) is 32.4 Å². The summed E-state index contributed by atoms with van der Waals surface area (Å²) in [5.74, 6) is 0.0345. The van der Waals surface area contributed by atoms with E-state index in [9.17, 15) is 9.18 Å². The highest BCUT2D eigenvalue weighted by molar-refractivity contribution is 9.10. The van der Waals surface area contributed by atoms with E-state index in [-0.39, 0.29) is 18.1 Å². The van der Waals surface area contributed by atoms with Gasteiger partial charge in [0.15, 0.2) is 5.69 Å². The summed E-state index contributed by atoms with van der Waals surface area (Å²) < 4.78 is 30.4. The van der Waals surface area contributed by atoms with E-state index in [1.165, 1.54) is 19.2 Å². The summed E-state index contributed by atoms with van der Waals surface area (Å²) in [6, 6.07) is 11.4. The molecule has 5 nitrogen and oxygen atoms in total. The normalized spacial score (nSPS) is 10.6. The molecule has 2 aromatic carbocycles. The number of pyridine rings is 1. The quantitative estimate of drug-likeness (QED) is 0.569. The SMILES string of the molecule is COC(=O)c1cc(OCc2ccc(Br)cc2F)c2cc(OC)ccc2n1. The zero-order valence-corrected chi connectivity index (χ0v) is 15.7. The van der Waals surface area contributed by atoms with E-state index in [0.717, 1.165) is 0 Å². The molecule has 0 saturated heterocycles. The molecule has 1 aromatic heterocycles. The van der Waals surface area contributed by atoms with Crippen molar-refractivity contribution in [1.29, 1.82) is 0 Å². The summed E-state index contributed by atoms with van der Waals surface area (Å²) in [5, 5.41) is 0.648. The number of fused-ring (bicyclic) bond motifs is 1. The Hall–Kier alpha value is -2.67. The van der Waals surface area contributed by atoms with Crippen LogP contribution >= 0.6 is 15.9 Å². The Kier molecular flexibility index (Phi) is 5.37. The Bertz CT molecular complexity index is 977. The minimum Gasteiger partial charge on any atom is -0.497 e. The number of carbonyl (C=O) groups is 1. The van der Waals surface area contributed by atoms with Gasteiger partial charge in [-0.25, -0.2) is 14.2 Å². The molecule has 3 aromatic rings. The molecule has 134 valence electrons. The first-order chi connectivity index (χ1) is 12.5. The van der Waals surface area contributed by atoms with Gasteiger partial charge in [0.25, 0.3) is 0 Å². The Balaban J connectivity index is 2.02. The fraction of sp³-hybridized carbons (Fsp3) is 0.158. The lowest BCUT2D eigenvalue weighted by Crippen LogP contribution is -2.06. The molecule has 0 radical (unpaired) electrons. The lowest BCUT2D eigenvalue weighted by molar-refractivity contribution is 0.0594. The molecule has 0 amide bonds. The molecule has 0 bridgehead atoms. The van der Waals surface area contributed by atoms with Crippen molar-refractivity contribution in [3.05, 3.63) is 64.0 Å². The predicted octanol–water partition coefficient (Wildman–Crippen LogP) is 4.51. The van der Waals surface area contributed by atoms with E-state index < -0.39 is 5.97 Å². The van der Waals surface area contributed by atoms with Crippen LogP contribution in [0.15, 0.2) is 46.9 Å². The highest BCUT2D eigenvalue weighted by atomic mass is 79.9. The summed E-state index contributed by atoms with van der Waals surface area (Å²) in [7, 11) is 2.83. The van der Waals surface area contributed by atoms with Gasteiger partial charge in [-0.3, -0.25) is 0 Å². The molecule has 3 rings (SSSR count). The van der Waals surface area contributed by atoms with Crippen LogP contribution in [0, 0.1) is 5.82 Å². The minimum atomic E-state index is -0.581. The second kappa shape index (κ2) is 7.70. The first-order valence-corrected chi connectivity index (χ1v) is 8.45. The van der Waals surface area contributed by atoms with Crippen LogP contribution < -0.4 is 9.47 Å². The Morgan fingerprint density at radius 3 is 2.65 bits per heavy atom. The Labute approximate surface area is 157 Å². The highest BCUT2D eigenvalue weighted by Gasteiger charge is 2.15. The molecule has 0 fully saturated rings. The number of benzene rings is 2. The number of carbonyl (C=O) groups excluding carboxylic acids is 1. The molecule has 26 heavy (non-hydrogen) atoms. The molecule has 0 atom stereocenters. The number of rotatable bonds is 5. The van der Waals surface area contributed by atoms with Crippen molar-refractivity contribution < 1.29 is 23.4 Å². The summed E-state index contributed by atoms with van der Waals surface area (Å²) >= 11 is 3.22. The van der Waals surface area contributed by atoms with Crippen molar-refractivity contribution in [1.82, 2.24) is 4.98 Å². The van der Waals surface area contributed by atoms with Crippen LogP contribution in [0.1, 0.15) is 16.1 Å². The minimum absolute atomic E-state index is 0.00392. The monoisotopic (exact) mass is 419 g/mol. The maximum absolute atomic E-state index is 14.0. The van der Waals surface area contributed by atoms with Gasteiger partial charge in [-0.1, -0.05) is 22.0 Å². The number of esters is 1. The van der Waals surface area contributed by atoms with E-state index >= 15 is 0 Å². The molecule has 0 unspecified atom stereocenters. The average molecular weight is 420 g/mol.